The van der Waals surface area contributed by atoms with Crippen LogP contribution in [0, 0.1) is 0 Å². The minimum absolute atomic E-state index is 0.115. The molecule has 7 heteroatoms. The van der Waals surface area contributed by atoms with E-state index in [0.717, 1.165) is 6.26 Å². The summed E-state index contributed by atoms with van der Waals surface area (Å²) in [6, 6.07) is 0. The number of aromatic nitrogens is 2. The van der Waals surface area contributed by atoms with Crippen LogP contribution in [0.5, 0.6) is 5.88 Å². The van der Waals surface area contributed by atoms with Crippen LogP contribution in [-0.2, 0) is 11.4 Å². The summed E-state index contributed by atoms with van der Waals surface area (Å²) in [5.41, 5.74) is 0. The summed E-state index contributed by atoms with van der Waals surface area (Å²) >= 11 is -2.36. The van der Waals surface area contributed by atoms with Gasteiger partial charge in [-0.3, -0.25) is 4.55 Å². The van der Waals surface area contributed by atoms with Gasteiger partial charge in [-0.05, 0) is 0 Å². The summed E-state index contributed by atoms with van der Waals surface area (Å²) in [5, 5.41) is 6.14. The van der Waals surface area contributed by atoms with Gasteiger partial charge in [-0.2, -0.15) is 4.21 Å². The first-order chi connectivity index (χ1) is 4.29. The van der Waals surface area contributed by atoms with Crippen molar-refractivity contribution in [3.05, 3.63) is 6.26 Å². The van der Waals surface area contributed by atoms with E-state index in [4.69, 9.17) is 4.55 Å². The van der Waals surface area contributed by atoms with Crippen LogP contribution < -0.4 is 4.18 Å². The standard InChI is InChI=1S/C2H2N2O4S/c5-9(6)8-2-1-7-4-3-2/h1H,(H,5,6). The van der Waals surface area contributed by atoms with Crippen molar-refractivity contribution in [1.29, 1.82) is 0 Å². The fourth-order valence-corrected chi connectivity index (χ4v) is 0.484. The summed E-state index contributed by atoms with van der Waals surface area (Å²) in [6.07, 6.45) is 1.01. The second kappa shape index (κ2) is 2.55. The van der Waals surface area contributed by atoms with Crippen LogP contribution in [0.15, 0.2) is 10.8 Å². The first kappa shape index (κ1) is 6.17. The Morgan fingerprint density at radius 3 is 3.11 bits per heavy atom. The lowest BCUT2D eigenvalue weighted by Crippen LogP contribution is -1.96. The minimum Gasteiger partial charge on any atom is -0.354 e. The van der Waals surface area contributed by atoms with E-state index in [1.54, 1.807) is 0 Å². The molecular weight excluding hydrogens is 148 g/mol. The predicted octanol–water partition coefficient (Wildman–Crippen LogP) is -0.415. The molecule has 9 heavy (non-hydrogen) atoms. The van der Waals surface area contributed by atoms with Crippen LogP contribution >= 0.6 is 0 Å². The van der Waals surface area contributed by atoms with E-state index >= 15 is 0 Å². The van der Waals surface area contributed by atoms with Gasteiger partial charge >= 0.3 is 11.4 Å². The van der Waals surface area contributed by atoms with E-state index in [1.807, 2.05) is 0 Å². The van der Waals surface area contributed by atoms with Crippen LogP contribution in [0.1, 0.15) is 0 Å². The maximum absolute atomic E-state index is 9.85. The topological polar surface area (TPSA) is 85.5 Å². The Kier molecular flexibility index (Phi) is 1.75. The van der Waals surface area contributed by atoms with Crippen molar-refractivity contribution in [2.24, 2.45) is 0 Å². The maximum atomic E-state index is 9.85. The van der Waals surface area contributed by atoms with E-state index < -0.39 is 11.4 Å². The molecular formula is C2H2N2O4S. The quantitative estimate of drug-likeness (QED) is 0.576. The lowest BCUT2D eigenvalue weighted by molar-refractivity contribution is 0.392. The van der Waals surface area contributed by atoms with Crippen molar-refractivity contribution < 1.29 is 17.5 Å². The number of nitrogens with zero attached hydrogens (tertiary/aromatic N) is 2. The van der Waals surface area contributed by atoms with Gasteiger partial charge in [0, 0.05) is 5.27 Å². The molecule has 0 bridgehead atoms. The fourth-order valence-electron chi connectivity index (χ4n) is 0.265. The highest BCUT2D eigenvalue weighted by atomic mass is 32.2. The van der Waals surface area contributed by atoms with E-state index in [-0.39, 0.29) is 5.88 Å². The highest BCUT2D eigenvalue weighted by Crippen LogP contribution is 2.01. The third-order valence-corrected chi connectivity index (χ3v) is 0.810. The molecule has 1 unspecified atom stereocenters. The Morgan fingerprint density at radius 1 is 1.89 bits per heavy atom. The molecule has 1 heterocycles. The summed E-state index contributed by atoms with van der Waals surface area (Å²) in [6.45, 7) is 0. The van der Waals surface area contributed by atoms with E-state index in [2.05, 4.69) is 19.1 Å². The molecule has 0 fully saturated rings. The number of hydrogen-bond acceptors (Lipinski definition) is 5. The lowest BCUT2D eigenvalue weighted by atomic mass is 10.9. The molecule has 0 saturated heterocycles. The average molecular weight is 150 g/mol. The Bertz CT molecular complexity index is 196. The van der Waals surface area contributed by atoms with Gasteiger partial charge < -0.3 is 8.71 Å². The van der Waals surface area contributed by atoms with E-state index in [1.165, 1.54) is 0 Å². The fraction of sp³-hybridized carbons (Fsp3) is 0. The molecule has 0 amide bonds. The molecule has 1 atom stereocenters. The zero-order chi connectivity index (χ0) is 6.69. The van der Waals surface area contributed by atoms with Crippen LogP contribution in [0.25, 0.3) is 0 Å². The van der Waals surface area contributed by atoms with Crippen LogP contribution in [0.3, 0.4) is 0 Å². The van der Waals surface area contributed by atoms with Crippen molar-refractivity contribution in [2.45, 2.75) is 0 Å². The van der Waals surface area contributed by atoms with Crippen molar-refractivity contribution in [3.63, 3.8) is 0 Å². The maximum Gasteiger partial charge on any atom is 0.359 e. The summed E-state index contributed by atoms with van der Waals surface area (Å²) in [7, 11) is 0. The zero-order valence-electron chi connectivity index (χ0n) is 4.05. The number of hydrogen-bond donors (Lipinski definition) is 1. The van der Waals surface area contributed by atoms with Gasteiger partial charge in [-0.25, -0.2) is 0 Å². The van der Waals surface area contributed by atoms with Gasteiger partial charge in [0.25, 0.3) is 5.88 Å². The SMILES string of the molecule is O=S(O)Oc1conn1. The normalized spacial score (nSPS) is 13.0. The molecule has 1 aromatic heterocycles. The average Bonchev–Trinajstić information content (AvgIpc) is 2.15. The molecule has 0 radical (unpaired) electrons. The molecule has 0 aliphatic rings. The molecule has 0 aliphatic heterocycles. The van der Waals surface area contributed by atoms with Gasteiger partial charge in [0.1, 0.15) is 0 Å². The molecule has 6 nitrogen and oxygen atoms in total. The molecule has 0 aromatic carbocycles. The molecule has 50 valence electrons. The third kappa shape index (κ3) is 1.78. The van der Waals surface area contributed by atoms with Crippen LogP contribution in [-0.4, -0.2) is 19.1 Å². The highest BCUT2D eigenvalue weighted by molar-refractivity contribution is 7.74. The Labute approximate surface area is 52.3 Å². The van der Waals surface area contributed by atoms with Gasteiger partial charge in [-0.15, -0.1) is 0 Å². The van der Waals surface area contributed by atoms with Gasteiger partial charge in [-0.1, -0.05) is 5.10 Å². The molecule has 0 aliphatic carbocycles. The molecule has 1 N–H and O–H groups in total. The first-order valence-electron chi connectivity index (χ1n) is 1.85. The van der Waals surface area contributed by atoms with Crippen molar-refractivity contribution in [2.75, 3.05) is 0 Å². The van der Waals surface area contributed by atoms with Gasteiger partial charge in [0.2, 0.25) is 0 Å². The molecule has 0 spiro atoms. The smallest absolute Gasteiger partial charge is 0.354 e. The number of rotatable bonds is 2. The molecule has 0 saturated carbocycles. The first-order valence-corrected chi connectivity index (χ1v) is 2.88. The Hall–Kier alpha value is -0.950. The van der Waals surface area contributed by atoms with E-state index in [9.17, 15) is 4.21 Å². The lowest BCUT2D eigenvalue weighted by Gasteiger charge is -1.86. The van der Waals surface area contributed by atoms with Gasteiger partial charge in [0.15, 0.2) is 6.26 Å². The predicted molar refractivity (Wildman–Crippen MR) is 25.7 cm³/mol. The second-order valence-electron chi connectivity index (χ2n) is 1.04. The summed E-state index contributed by atoms with van der Waals surface area (Å²) in [5.74, 6) is -0.115. The van der Waals surface area contributed by atoms with Crippen LogP contribution in [0.2, 0.25) is 0 Å². The summed E-state index contributed by atoms with van der Waals surface area (Å²) < 4.78 is 26.2. The summed E-state index contributed by atoms with van der Waals surface area (Å²) in [4.78, 5) is 0. The Balaban J connectivity index is 2.58. The third-order valence-electron chi connectivity index (χ3n) is 0.497. The van der Waals surface area contributed by atoms with Crippen molar-refractivity contribution in [3.8, 4) is 5.88 Å². The van der Waals surface area contributed by atoms with Crippen molar-refractivity contribution >= 4 is 11.4 Å². The second-order valence-corrected chi connectivity index (χ2v) is 1.64. The van der Waals surface area contributed by atoms with E-state index in [0.29, 0.717) is 0 Å². The zero-order valence-corrected chi connectivity index (χ0v) is 4.87. The molecule has 1 aromatic rings. The minimum atomic E-state index is -2.36. The van der Waals surface area contributed by atoms with Crippen LogP contribution in [0.4, 0.5) is 0 Å². The molecule has 1 rings (SSSR count). The Morgan fingerprint density at radius 2 is 2.67 bits per heavy atom. The highest BCUT2D eigenvalue weighted by Gasteiger charge is 2.00. The van der Waals surface area contributed by atoms with Crippen molar-refractivity contribution in [1.82, 2.24) is 10.4 Å². The largest absolute Gasteiger partial charge is 0.359 e. The van der Waals surface area contributed by atoms with Gasteiger partial charge in [0.05, 0.1) is 0 Å². The monoisotopic (exact) mass is 150 g/mol.